The van der Waals surface area contributed by atoms with Crippen molar-refractivity contribution in [3.8, 4) is 0 Å². The van der Waals surface area contributed by atoms with Gasteiger partial charge in [0.05, 0.1) is 5.69 Å². The maximum atomic E-state index is 11.8. The summed E-state index contributed by atoms with van der Waals surface area (Å²) in [6, 6.07) is 0. The fraction of sp³-hybridized carbons (Fsp3) is 0.636. The van der Waals surface area contributed by atoms with Crippen molar-refractivity contribution in [1.82, 2.24) is 4.98 Å². The molecule has 102 valence electrons. The number of thiazole rings is 1. The Morgan fingerprint density at radius 3 is 2.44 bits per heavy atom. The Balaban J connectivity index is 2.93. The van der Waals surface area contributed by atoms with E-state index in [9.17, 15) is 13.2 Å². The Kier molecular flexibility index (Phi) is 4.17. The van der Waals surface area contributed by atoms with E-state index in [1.165, 1.54) is 18.3 Å². The van der Waals surface area contributed by atoms with Gasteiger partial charge in [0.1, 0.15) is 10.8 Å². The molecule has 0 bridgehead atoms. The van der Waals surface area contributed by atoms with E-state index < -0.39 is 21.1 Å². The lowest BCUT2D eigenvalue weighted by molar-refractivity contribution is -0.136. The van der Waals surface area contributed by atoms with Crippen LogP contribution in [-0.2, 0) is 25.8 Å². The minimum Gasteiger partial charge on any atom is -0.480 e. The number of nitrogens with zero attached hydrogens (tertiary/aromatic N) is 1. The van der Waals surface area contributed by atoms with Gasteiger partial charge in [0.15, 0.2) is 15.1 Å². The molecule has 0 aliphatic heterocycles. The molecular weight excluding hydrogens is 274 g/mol. The van der Waals surface area contributed by atoms with E-state index in [4.69, 9.17) is 5.11 Å². The second-order valence-corrected chi connectivity index (χ2v) is 8.43. The quantitative estimate of drug-likeness (QED) is 0.914. The van der Waals surface area contributed by atoms with Crippen molar-refractivity contribution in [2.75, 3.05) is 0 Å². The second-order valence-electron chi connectivity index (χ2n) is 5.16. The first-order valence-electron chi connectivity index (χ1n) is 5.43. The maximum Gasteiger partial charge on any atom is 0.321 e. The molecule has 1 aromatic heterocycles. The molecule has 0 spiro atoms. The van der Waals surface area contributed by atoms with Crippen LogP contribution in [0.2, 0.25) is 0 Å². The van der Waals surface area contributed by atoms with E-state index >= 15 is 0 Å². The lowest BCUT2D eigenvalue weighted by Crippen LogP contribution is -2.28. The zero-order valence-electron chi connectivity index (χ0n) is 10.8. The number of hydrogen-bond acceptors (Lipinski definition) is 5. The predicted octanol–water partition coefficient (Wildman–Crippen LogP) is 1.83. The summed E-state index contributed by atoms with van der Waals surface area (Å²) in [5.74, 6) is -1.65. The highest BCUT2D eigenvalue weighted by atomic mass is 32.2. The normalized spacial score (nSPS) is 14.4. The number of carboxylic acids is 1. The van der Waals surface area contributed by atoms with Crippen molar-refractivity contribution in [3.05, 3.63) is 16.1 Å². The molecule has 0 aliphatic rings. The summed E-state index contributed by atoms with van der Waals surface area (Å²) in [6.07, 6.45) is 0. The van der Waals surface area contributed by atoms with Crippen LogP contribution in [0.1, 0.15) is 38.4 Å². The number of hydrogen-bond donors (Lipinski definition) is 1. The van der Waals surface area contributed by atoms with Crippen LogP contribution < -0.4 is 0 Å². The van der Waals surface area contributed by atoms with E-state index in [-0.39, 0.29) is 11.2 Å². The van der Waals surface area contributed by atoms with Crippen LogP contribution in [0.15, 0.2) is 5.38 Å². The smallest absolute Gasteiger partial charge is 0.321 e. The molecule has 0 aromatic carbocycles. The highest BCUT2D eigenvalue weighted by molar-refractivity contribution is 7.92. The molecule has 18 heavy (non-hydrogen) atoms. The second kappa shape index (κ2) is 4.97. The van der Waals surface area contributed by atoms with Gasteiger partial charge in [-0.3, -0.25) is 4.79 Å². The van der Waals surface area contributed by atoms with E-state index in [2.05, 4.69) is 4.98 Å². The topological polar surface area (TPSA) is 84.3 Å². The van der Waals surface area contributed by atoms with Gasteiger partial charge in [0.2, 0.25) is 0 Å². The number of rotatable bonds is 4. The lowest BCUT2D eigenvalue weighted by Gasteiger charge is -2.14. The first kappa shape index (κ1) is 15.1. The molecule has 1 atom stereocenters. The third kappa shape index (κ3) is 3.52. The summed E-state index contributed by atoms with van der Waals surface area (Å²) < 4.78 is 23.6. The Hall–Kier alpha value is -0.950. The summed E-state index contributed by atoms with van der Waals surface area (Å²) in [4.78, 5) is 15.0. The van der Waals surface area contributed by atoms with Crippen molar-refractivity contribution < 1.29 is 18.3 Å². The van der Waals surface area contributed by atoms with Crippen molar-refractivity contribution in [1.29, 1.82) is 0 Å². The predicted molar refractivity (Wildman–Crippen MR) is 70.5 cm³/mol. The van der Waals surface area contributed by atoms with E-state index in [1.807, 2.05) is 26.2 Å². The standard InChI is InChI=1S/C11H17NO4S2/c1-7(10(13)14)18(15,16)6-9-12-8(5-17-9)11(2,3)4/h5,7H,6H2,1-4H3,(H,13,14). The summed E-state index contributed by atoms with van der Waals surface area (Å²) in [7, 11) is -3.70. The molecule has 1 N–H and O–H groups in total. The number of sulfone groups is 1. The summed E-state index contributed by atoms with van der Waals surface area (Å²) >= 11 is 1.25. The molecule has 0 aliphatic carbocycles. The Labute approximate surface area is 111 Å². The van der Waals surface area contributed by atoms with Crippen LogP contribution in [0.3, 0.4) is 0 Å². The van der Waals surface area contributed by atoms with Crippen molar-refractivity contribution >= 4 is 27.1 Å². The van der Waals surface area contributed by atoms with Crippen molar-refractivity contribution in [2.45, 2.75) is 44.1 Å². The maximum absolute atomic E-state index is 11.8. The van der Waals surface area contributed by atoms with Crippen molar-refractivity contribution in [3.63, 3.8) is 0 Å². The van der Waals surface area contributed by atoms with Gasteiger partial charge in [-0.05, 0) is 6.92 Å². The molecule has 1 unspecified atom stereocenters. The van der Waals surface area contributed by atoms with Gasteiger partial charge in [-0.1, -0.05) is 20.8 Å². The zero-order valence-corrected chi connectivity index (χ0v) is 12.4. The summed E-state index contributed by atoms with van der Waals surface area (Å²) in [5.41, 5.74) is 0.678. The SMILES string of the molecule is CC(C(=O)O)S(=O)(=O)Cc1nc(C(C)(C)C)cs1. The Morgan fingerprint density at radius 1 is 1.50 bits per heavy atom. The monoisotopic (exact) mass is 291 g/mol. The Morgan fingerprint density at radius 2 is 2.06 bits per heavy atom. The molecule has 1 rings (SSSR count). The zero-order chi connectivity index (χ0) is 14.1. The van der Waals surface area contributed by atoms with Gasteiger partial charge in [-0.15, -0.1) is 11.3 Å². The van der Waals surface area contributed by atoms with Crippen LogP contribution in [0.4, 0.5) is 0 Å². The molecule has 0 saturated heterocycles. The highest BCUT2D eigenvalue weighted by Crippen LogP contribution is 2.25. The van der Waals surface area contributed by atoms with Gasteiger partial charge >= 0.3 is 5.97 Å². The van der Waals surface area contributed by atoms with E-state index in [1.54, 1.807) is 0 Å². The number of carbonyl (C=O) groups is 1. The van der Waals surface area contributed by atoms with Gasteiger partial charge in [0, 0.05) is 10.8 Å². The Bertz CT molecular complexity index is 540. The fourth-order valence-electron chi connectivity index (χ4n) is 1.17. The van der Waals surface area contributed by atoms with Crippen LogP contribution in [0.5, 0.6) is 0 Å². The van der Waals surface area contributed by atoms with Crippen LogP contribution in [0, 0.1) is 0 Å². The number of aliphatic carboxylic acids is 1. The van der Waals surface area contributed by atoms with Crippen LogP contribution >= 0.6 is 11.3 Å². The van der Waals surface area contributed by atoms with Crippen molar-refractivity contribution in [2.24, 2.45) is 0 Å². The largest absolute Gasteiger partial charge is 0.480 e. The van der Waals surface area contributed by atoms with E-state index in [0.717, 1.165) is 5.69 Å². The molecule has 7 heteroatoms. The molecule has 1 heterocycles. The van der Waals surface area contributed by atoms with Crippen LogP contribution in [0.25, 0.3) is 0 Å². The fourth-order valence-corrected chi connectivity index (χ4v) is 3.71. The molecule has 1 aromatic rings. The first-order chi connectivity index (χ1) is 8.04. The average molecular weight is 291 g/mol. The molecule has 0 saturated carbocycles. The third-order valence-electron chi connectivity index (χ3n) is 2.53. The molecule has 0 radical (unpaired) electrons. The summed E-state index contributed by atoms with van der Waals surface area (Å²) in [6.45, 7) is 7.14. The molecule has 0 fully saturated rings. The minimum atomic E-state index is -3.70. The molecule has 5 nitrogen and oxygen atoms in total. The molecule has 0 amide bonds. The average Bonchev–Trinajstić information content (AvgIpc) is 2.63. The summed E-state index contributed by atoms with van der Waals surface area (Å²) in [5, 5.41) is 9.58. The number of aromatic nitrogens is 1. The van der Waals surface area contributed by atoms with Crippen LogP contribution in [-0.4, -0.2) is 29.7 Å². The number of carboxylic acid groups (broad SMARTS) is 1. The highest BCUT2D eigenvalue weighted by Gasteiger charge is 2.29. The third-order valence-corrected chi connectivity index (χ3v) is 5.52. The van der Waals surface area contributed by atoms with E-state index in [0.29, 0.717) is 5.01 Å². The van der Waals surface area contributed by atoms with Gasteiger partial charge in [0.25, 0.3) is 0 Å². The van der Waals surface area contributed by atoms with Gasteiger partial charge in [-0.25, -0.2) is 13.4 Å². The lowest BCUT2D eigenvalue weighted by atomic mass is 9.93. The minimum absolute atomic E-state index is 0.142. The van der Waals surface area contributed by atoms with Gasteiger partial charge in [-0.2, -0.15) is 0 Å². The molecular formula is C11H17NO4S2. The van der Waals surface area contributed by atoms with Gasteiger partial charge < -0.3 is 5.11 Å². The first-order valence-corrected chi connectivity index (χ1v) is 8.03.